The summed E-state index contributed by atoms with van der Waals surface area (Å²) < 4.78 is 12.1. The van der Waals surface area contributed by atoms with Crippen molar-refractivity contribution in [1.29, 1.82) is 0 Å². The average Bonchev–Trinajstić information content (AvgIpc) is 3.04. The highest BCUT2D eigenvalue weighted by Crippen LogP contribution is 2.23. The number of benzene rings is 3. The monoisotopic (exact) mass is 436 g/mol. The molecule has 0 aliphatic heterocycles. The van der Waals surface area contributed by atoms with Crippen molar-refractivity contribution in [3.8, 4) is 11.5 Å². The molecule has 4 rings (SSSR count). The highest BCUT2D eigenvalue weighted by Gasteiger charge is 2.12. The zero-order valence-electron chi connectivity index (χ0n) is 19.1. The van der Waals surface area contributed by atoms with Gasteiger partial charge in [0.25, 0.3) is 0 Å². The molecule has 3 nitrogen and oxygen atoms in total. The minimum Gasteiger partial charge on any atom is -0.489 e. The molecule has 0 heterocycles. The summed E-state index contributed by atoms with van der Waals surface area (Å²) in [5, 5.41) is 2.48. The van der Waals surface area contributed by atoms with Crippen LogP contribution < -0.4 is 19.9 Å². The molecule has 0 unspecified atom stereocenters. The summed E-state index contributed by atoms with van der Waals surface area (Å²) in [4.78, 5) is 12.5. The number of fused-ring (bicyclic) bond motifs is 1. The summed E-state index contributed by atoms with van der Waals surface area (Å²) in [5.74, 6) is 1.46. The molecule has 0 saturated heterocycles. The lowest BCUT2D eigenvalue weighted by Gasteiger charge is -2.13. The maximum atomic E-state index is 12.5. The summed E-state index contributed by atoms with van der Waals surface area (Å²) in [6.07, 6.45) is 10.7. The minimum atomic E-state index is -0.00119. The van der Waals surface area contributed by atoms with Crippen LogP contribution in [0.5, 0.6) is 11.5 Å². The van der Waals surface area contributed by atoms with E-state index in [2.05, 4.69) is 42.5 Å². The average molecular weight is 437 g/mol. The van der Waals surface area contributed by atoms with Crippen molar-refractivity contribution in [1.82, 2.24) is 0 Å². The van der Waals surface area contributed by atoms with Crippen LogP contribution in [0.15, 0.2) is 90.5 Å². The number of carbonyl (C=O) groups excluding carboxylic acids is 1. The van der Waals surface area contributed by atoms with Crippen molar-refractivity contribution < 1.29 is 14.3 Å². The molecule has 0 N–H and O–H groups in total. The van der Waals surface area contributed by atoms with Crippen LogP contribution >= 0.6 is 0 Å². The van der Waals surface area contributed by atoms with Gasteiger partial charge in [-0.15, -0.1) is 0 Å². The largest absolute Gasteiger partial charge is 0.489 e. The molecule has 0 saturated carbocycles. The highest BCUT2D eigenvalue weighted by molar-refractivity contribution is 6.06. The maximum Gasteiger partial charge on any atom is 0.186 e. The Bertz CT molecular complexity index is 1330. The Kier molecular flexibility index (Phi) is 7.21. The molecule has 0 radical (unpaired) electrons. The second-order valence-corrected chi connectivity index (χ2v) is 8.05. The second-order valence-electron chi connectivity index (χ2n) is 8.05. The highest BCUT2D eigenvalue weighted by atomic mass is 16.5. The van der Waals surface area contributed by atoms with Gasteiger partial charge in [-0.25, -0.2) is 0 Å². The molecule has 0 spiro atoms. The molecular formula is C30H28O3. The number of allylic oxidation sites excluding steroid dienone is 3. The third-order valence-electron chi connectivity index (χ3n) is 5.63. The SMILES string of the molecule is C/C=C/C(=O)c1c(C)cccc1COc1cccc(OCC2=CC=c3ccccc3=CC2)c1. The molecule has 1 aliphatic rings. The van der Waals surface area contributed by atoms with Crippen LogP contribution in [0.4, 0.5) is 0 Å². The van der Waals surface area contributed by atoms with Gasteiger partial charge in [-0.1, -0.05) is 72.8 Å². The maximum absolute atomic E-state index is 12.5. The van der Waals surface area contributed by atoms with E-state index in [1.807, 2.05) is 56.3 Å². The van der Waals surface area contributed by atoms with Crippen molar-refractivity contribution >= 4 is 17.9 Å². The van der Waals surface area contributed by atoms with Gasteiger partial charge >= 0.3 is 0 Å². The Morgan fingerprint density at radius 3 is 2.39 bits per heavy atom. The Balaban J connectivity index is 1.41. The number of hydrogen-bond acceptors (Lipinski definition) is 3. The normalized spacial score (nSPS) is 12.7. The summed E-state index contributed by atoms with van der Waals surface area (Å²) in [6, 6.07) is 21.9. The van der Waals surface area contributed by atoms with Crippen molar-refractivity contribution in [2.45, 2.75) is 26.9 Å². The van der Waals surface area contributed by atoms with E-state index in [1.165, 1.54) is 16.0 Å². The molecule has 0 amide bonds. The van der Waals surface area contributed by atoms with Gasteiger partial charge in [-0.2, -0.15) is 0 Å². The van der Waals surface area contributed by atoms with Gasteiger partial charge in [0, 0.05) is 17.2 Å². The fourth-order valence-corrected chi connectivity index (χ4v) is 3.90. The van der Waals surface area contributed by atoms with E-state index in [-0.39, 0.29) is 5.78 Å². The van der Waals surface area contributed by atoms with Gasteiger partial charge in [-0.3, -0.25) is 4.79 Å². The summed E-state index contributed by atoms with van der Waals surface area (Å²) in [5.41, 5.74) is 3.74. The molecule has 3 aromatic rings. The first-order chi connectivity index (χ1) is 16.1. The van der Waals surface area contributed by atoms with Crippen molar-refractivity contribution in [2.75, 3.05) is 6.61 Å². The van der Waals surface area contributed by atoms with Crippen LogP contribution in [-0.4, -0.2) is 12.4 Å². The molecule has 166 valence electrons. The fourth-order valence-electron chi connectivity index (χ4n) is 3.90. The van der Waals surface area contributed by atoms with Crippen LogP contribution in [0.2, 0.25) is 0 Å². The lowest BCUT2D eigenvalue weighted by atomic mass is 9.98. The van der Waals surface area contributed by atoms with Crippen LogP contribution in [0.25, 0.3) is 12.2 Å². The van der Waals surface area contributed by atoms with E-state index in [0.29, 0.717) is 24.5 Å². The second kappa shape index (κ2) is 10.6. The first-order valence-electron chi connectivity index (χ1n) is 11.2. The summed E-state index contributed by atoms with van der Waals surface area (Å²) >= 11 is 0. The Morgan fingerprint density at radius 1 is 0.879 bits per heavy atom. The van der Waals surface area contributed by atoms with Gasteiger partial charge in [0.2, 0.25) is 0 Å². The van der Waals surface area contributed by atoms with E-state index in [1.54, 1.807) is 12.2 Å². The van der Waals surface area contributed by atoms with E-state index in [9.17, 15) is 4.79 Å². The number of ketones is 1. The zero-order chi connectivity index (χ0) is 23.0. The van der Waals surface area contributed by atoms with Gasteiger partial charge in [0.15, 0.2) is 5.78 Å². The summed E-state index contributed by atoms with van der Waals surface area (Å²) in [7, 11) is 0. The zero-order valence-corrected chi connectivity index (χ0v) is 19.1. The first-order valence-corrected chi connectivity index (χ1v) is 11.2. The van der Waals surface area contributed by atoms with Gasteiger partial charge in [0.05, 0.1) is 0 Å². The molecule has 33 heavy (non-hydrogen) atoms. The predicted molar refractivity (Wildman–Crippen MR) is 134 cm³/mol. The van der Waals surface area contributed by atoms with Crippen LogP contribution in [0, 0.1) is 6.92 Å². The number of ether oxygens (including phenoxy) is 2. The molecular weight excluding hydrogens is 408 g/mol. The van der Waals surface area contributed by atoms with E-state index in [0.717, 1.165) is 23.3 Å². The molecule has 1 aliphatic carbocycles. The standard InChI is InChI=1S/C30H28O3/c1-3-8-29(31)30-22(2)9-6-12-26(30)21-33-28-14-7-13-27(19-28)32-20-23-15-17-24-10-4-5-11-25(24)18-16-23/h3-15,17-19H,16,20-21H2,1-2H3/b8-3+. The Labute approximate surface area is 195 Å². The fraction of sp³-hybridized carbons (Fsp3) is 0.167. The van der Waals surface area contributed by atoms with E-state index in [4.69, 9.17) is 9.47 Å². The Morgan fingerprint density at radius 2 is 1.61 bits per heavy atom. The third kappa shape index (κ3) is 5.69. The number of hydrogen-bond donors (Lipinski definition) is 0. The topological polar surface area (TPSA) is 35.5 Å². The molecule has 0 fully saturated rings. The van der Waals surface area contributed by atoms with Crippen molar-refractivity contribution in [2.24, 2.45) is 0 Å². The smallest absolute Gasteiger partial charge is 0.186 e. The van der Waals surface area contributed by atoms with Gasteiger partial charge in [0.1, 0.15) is 24.7 Å². The molecule has 3 aromatic carbocycles. The molecule has 0 bridgehead atoms. The lowest BCUT2D eigenvalue weighted by molar-refractivity contribution is 0.104. The first kappa shape index (κ1) is 22.3. The van der Waals surface area contributed by atoms with E-state index < -0.39 is 0 Å². The third-order valence-corrected chi connectivity index (χ3v) is 5.63. The van der Waals surface area contributed by atoms with Crippen LogP contribution in [0.1, 0.15) is 34.8 Å². The van der Waals surface area contributed by atoms with E-state index >= 15 is 0 Å². The molecule has 0 atom stereocenters. The quantitative estimate of drug-likeness (QED) is 0.355. The van der Waals surface area contributed by atoms with Crippen LogP contribution in [0.3, 0.4) is 0 Å². The van der Waals surface area contributed by atoms with Crippen LogP contribution in [-0.2, 0) is 6.61 Å². The molecule has 0 aromatic heterocycles. The predicted octanol–water partition coefficient (Wildman–Crippen LogP) is 5.30. The van der Waals surface area contributed by atoms with Gasteiger partial charge in [-0.05, 0) is 60.1 Å². The number of aryl methyl sites for hydroxylation is 1. The lowest BCUT2D eigenvalue weighted by Crippen LogP contribution is -2.22. The minimum absolute atomic E-state index is 0.00119. The van der Waals surface area contributed by atoms with Crippen molar-refractivity contribution in [3.63, 3.8) is 0 Å². The van der Waals surface area contributed by atoms with Crippen molar-refractivity contribution in [3.05, 3.63) is 118 Å². The summed E-state index contributed by atoms with van der Waals surface area (Å²) in [6.45, 7) is 4.63. The Hall–Kier alpha value is -3.85. The van der Waals surface area contributed by atoms with Gasteiger partial charge < -0.3 is 9.47 Å². The number of rotatable bonds is 8. The molecule has 3 heteroatoms. The number of carbonyl (C=O) groups is 1.